The number of likely N-dealkylation sites (tertiary alicyclic amines) is 2. The second-order valence-corrected chi connectivity index (χ2v) is 9.56. The van der Waals surface area contributed by atoms with E-state index < -0.39 is 0 Å². The maximum atomic E-state index is 12.9. The maximum Gasteiger partial charge on any atom is 0.227 e. The van der Waals surface area contributed by atoms with Gasteiger partial charge in [0.2, 0.25) is 17.7 Å². The average molecular weight is 420 g/mol. The van der Waals surface area contributed by atoms with E-state index in [-0.39, 0.29) is 41.5 Å². The van der Waals surface area contributed by atoms with E-state index in [0.29, 0.717) is 37.5 Å². The van der Waals surface area contributed by atoms with Crippen LogP contribution in [-0.4, -0.2) is 52.7 Å². The Bertz CT molecular complexity index is 810. The second kappa shape index (κ2) is 8.34. The maximum absolute atomic E-state index is 12.9. The summed E-state index contributed by atoms with van der Waals surface area (Å²) in [6.07, 6.45) is 1.53. The number of piperidine rings is 1. The smallest absolute Gasteiger partial charge is 0.227 e. The molecule has 1 atom stereocenters. The van der Waals surface area contributed by atoms with Gasteiger partial charge in [0.25, 0.3) is 0 Å². The van der Waals surface area contributed by atoms with E-state index in [1.54, 1.807) is 17.0 Å². The molecule has 29 heavy (non-hydrogen) atoms. The Morgan fingerprint density at radius 2 is 1.79 bits per heavy atom. The lowest BCUT2D eigenvalue weighted by molar-refractivity contribution is -0.138. The number of carbonyl (C=O) groups is 3. The van der Waals surface area contributed by atoms with E-state index in [2.05, 4.69) is 5.32 Å². The van der Waals surface area contributed by atoms with Gasteiger partial charge in [-0.2, -0.15) is 0 Å². The Hall–Kier alpha value is -2.08. The highest BCUT2D eigenvalue weighted by molar-refractivity contribution is 6.31. The van der Waals surface area contributed by atoms with Crippen LogP contribution in [0.2, 0.25) is 5.02 Å². The molecule has 158 valence electrons. The minimum atomic E-state index is -0.277. The van der Waals surface area contributed by atoms with Crippen LogP contribution in [0.1, 0.15) is 45.6 Å². The third-order valence-corrected chi connectivity index (χ3v) is 6.15. The van der Waals surface area contributed by atoms with Gasteiger partial charge in [-0.1, -0.05) is 17.7 Å². The first kappa shape index (κ1) is 21.6. The molecule has 0 saturated carbocycles. The van der Waals surface area contributed by atoms with E-state index in [4.69, 9.17) is 11.6 Å². The van der Waals surface area contributed by atoms with Crippen LogP contribution in [0.5, 0.6) is 0 Å². The Morgan fingerprint density at radius 3 is 2.38 bits per heavy atom. The highest BCUT2D eigenvalue weighted by atomic mass is 35.5. The average Bonchev–Trinajstić information content (AvgIpc) is 3.06. The van der Waals surface area contributed by atoms with Crippen molar-refractivity contribution in [1.29, 1.82) is 0 Å². The minimum absolute atomic E-state index is 0.0302. The van der Waals surface area contributed by atoms with Gasteiger partial charge in [-0.05, 0) is 58.2 Å². The molecule has 2 heterocycles. The van der Waals surface area contributed by atoms with Gasteiger partial charge in [-0.15, -0.1) is 0 Å². The molecule has 0 radical (unpaired) electrons. The molecular formula is C22H30ClN3O3. The molecule has 2 saturated heterocycles. The lowest BCUT2D eigenvalue weighted by atomic mass is 9.94. The molecule has 3 rings (SSSR count). The van der Waals surface area contributed by atoms with E-state index in [9.17, 15) is 14.4 Å². The summed E-state index contributed by atoms with van der Waals surface area (Å²) in [4.78, 5) is 41.4. The topological polar surface area (TPSA) is 69.7 Å². The molecule has 0 spiro atoms. The highest BCUT2D eigenvalue weighted by Gasteiger charge is 2.41. The van der Waals surface area contributed by atoms with Crippen LogP contribution in [-0.2, 0) is 14.4 Å². The third kappa shape index (κ3) is 4.92. The largest absolute Gasteiger partial charge is 0.342 e. The number of hydrogen-bond donors (Lipinski definition) is 1. The molecule has 0 aromatic heterocycles. The summed E-state index contributed by atoms with van der Waals surface area (Å²) in [6, 6.07) is 5.43. The number of hydrogen-bond acceptors (Lipinski definition) is 3. The molecule has 0 bridgehead atoms. The van der Waals surface area contributed by atoms with Crippen molar-refractivity contribution in [3.63, 3.8) is 0 Å². The first-order valence-corrected chi connectivity index (χ1v) is 10.6. The molecule has 1 aromatic rings. The highest BCUT2D eigenvalue weighted by Crippen LogP contribution is 2.29. The molecule has 6 nitrogen and oxygen atoms in total. The normalized spacial score (nSPS) is 20.9. The van der Waals surface area contributed by atoms with Gasteiger partial charge >= 0.3 is 0 Å². The molecule has 1 aromatic carbocycles. The molecule has 3 amide bonds. The molecule has 1 unspecified atom stereocenters. The number of aryl methyl sites for hydroxylation is 1. The van der Waals surface area contributed by atoms with Crippen LogP contribution < -0.4 is 5.32 Å². The second-order valence-electron chi connectivity index (χ2n) is 9.12. The van der Waals surface area contributed by atoms with Crippen molar-refractivity contribution in [2.45, 2.75) is 52.5 Å². The predicted molar refractivity (Wildman–Crippen MR) is 114 cm³/mol. The monoisotopic (exact) mass is 419 g/mol. The Kier molecular flexibility index (Phi) is 6.22. The summed E-state index contributed by atoms with van der Waals surface area (Å²) in [5, 5.41) is 3.55. The summed E-state index contributed by atoms with van der Waals surface area (Å²) in [5.74, 6) is -0.357. The number of carbonyl (C=O) groups excluding carboxylic acids is 3. The van der Waals surface area contributed by atoms with Crippen LogP contribution in [0, 0.1) is 18.8 Å². The molecule has 2 fully saturated rings. The Morgan fingerprint density at radius 1 is 1.14 bits per heavy atom. The van der Waals surface area contributed by atoms with Crippen LogP contribution in [0.3, 0.4) is 0 Å². The zero-order chi connectivity index (χ0) is 21.3. The molecule has 1 N–H and O–H groups in total. The van der Waals surface area contributed by atoms with Crippen LogP contribution in [0.4, 0.5) is 5.69 Å². The lowest BCUT2D eigenvalue weighted by Crippen LogP contribution is -2.46. The van der Waals surface area contributed by atoms with Gasteiger partial charge in [0.1, 0.15) is 0 Å². The minimum Gasteiger partial charge on any atom is -0.342 e. The number of nitrogens with zero attached hydrogens (tertiary/aromatic N) is 2. The van der Waals surface area contributed by atoms with Gasteiger partial charge in [0, 0.05) is 48.2 Å². The van der Waals surface area contributed by atoms with Gasteiger partial charge in [-0.3, -0.25) is 14.4 Å². The zero-order valence-electron chi connectivity index (χ0n) is 17.6. The summed E-state index contributed by atoms with van der Waals surface area (Å²) in [7, 11) is 0. The SMILES string of the molecule is Cc1ccc(Cl)cc1NC(=O)C1CCN(C(=O)C2CC(=O)N(C(C)(C)C)C2)CC1. The Balaban J connectivity index is 1.54. The summed E-state index contributed by atoms with van der Waals surface area (Å²) >= 11 is 6.03. The van der Waals surface area contributed by atoms with E-state index in [0.717, 1.165) is 11.3 Å². The van der Waals surface area contributed by atoms with Crippen molar-refractivity contribution in [2.75, 3.05) is 25.0 Å². The number of amides is 3. The molecule has 0 aliphatic carbocycles. The van der Waals surface area contributed by atoms with E-state index in [1.165, 1.54) is 0 Å². The zero-order valence-corrected chi connectivity index (χ0v) is 18.4. The number of anilines is 1. The van der Waals surface area contributed by atoms with Crippen LogP contribution in [0.25, 0.3) is 0 Å². The molecular weight excluding hydrogens is 390 g/mol. The third-order valence-electron chi connectivity index (χ3n) is 5.92. The van der Waals surface area contributed by atoms with E-state index >= 15 is 0 Å². The summed E-state index contributed by atoms with van der Waals surface area (Å²) in [6.45, 7) is 9.47. The fourth-order valence-corrected chi connectivity index (χ4v) is 4.28. The van der Waals surface area contributed by atoms with Gasteiger partial charge in [0.05, 0.1) is 5.92 Å². The van der Waals surface area contributed by atoms with Crippen LogP contribution in [0.15, 0.2) is 18.2 Å². The number of benzene rings is 1. The van der Waals surface area contributed by atoms with E-state index in [1.807, 2.05) is 38.7 Å². The fraction of sp³-hybridized carbons (Fsp3) is 0.591. The van der Waals surface area contributed by atoms with Crippen molar-refractivity contribution in [3.05, 3.63) is 28.8 Å². The number of nitrogens with one attached hydrogen (secondary N) is 1. The van der Waals surface area contributed by atoms with Crippen molar-refractivity contribution >= 4 is 35.0 Å². The van der Waals surface area contributed by atoms with Crippen molar-refractivity contribution < 1.29 is 14.4 Å². The fourth-order valence-electron chi connectivity index (χ4n) is 4.11. The Labute approximate surface area is 177 Å². The van der Waals surface area contributed by atoms with Crippen molar-refractivity contribution in [1.82, 2.24) is 9.80 Å². The van der Waals surface area contributed by atoms with Gasteiger partial charge < -0.3 is 15.1 Å². The predicted octanol–water partition coefficient (Wildman–Crippen LogP) is 3.47. The summed E-state index contributed by atoms with van der Waals surface area (Å²) < 4.78 is 0. The lowest BCUT2D eigenvalue weighted by Gasteiger charge is -2.34. The van der Waals surface area contributed by atoms with Gasteiger partial charge in [0.15, 0.2) is 0 Å². The first-order chi connectivity index (χ1) is 13.6. The summed E-state index contributed by atoms with van der Waals surface area (Å²) in [5.41, 5.74) is 1.42. The van der Waals surface area contributed by atoms with Crippen LogP contribution >= 0.6 is 11.6 Å². The molecule has 7 heteroatoms. The van der Waals surface area contributed by atoms with Gasteiger partial charge in [-0.25, -0.2) is 0 Å². The van der Waals surface area contributed by atoms with Crippen molar-refractivity contribution in [3.8, 4) is 0 Å². The number of rotatable bonds is 3. The standard InChI is InChI=1S/C22H30ClN3O3/c1-14-5-6-17(23)12-18(14)24-20(28)15-7-9-25(10-8-15)21(29)16-11-19(27)26(13-16)22(2,3)4/h5-6,12,15-16H,7-11,13H2,1-4H3,(H,24,28). The van der Waals surface area contributed by atoms with Crippen molar-refractivity contribution in [2.24, 2.45) is 11.8 Å². The number of halogens is 1. The first-order valence-electron chi connectivity index (χ1n) is 10.2. The quantitative estimate of drug-likeness (QED) is 0.815. The molecule has 2 aliphatic rings. The molecule has 2 aliphatic heterocycles.